The van der Waals surface area contributed by atoms with Crippen molar-refractivity contribution < 1.29 is 9.47 Å². The minimum absolute atomic E-state index is 0.0742. The summed E-state index contributed by atoms with van der Waals surface area (Å²) >= 11 is 0. The van der Waals surface area contributed by atoms with E-state index >= 15 is 0 Å². The molecule has 2 aliphatic rings. The van der Waals surface area contributed by atoms with E-state index in [4.69, 9.17) is 9.47 Å². The van der Waals surface area contributed by atoms with Crippen LogP contribution in [0.1, 0.15) is 60.3 Å². The summed E-state index contributed by atoms with van der Waals surface area (Å²) in [6.07, 6.45) is 10.1. The van der Waals surface area contributed by atoms with E-state index in [-0.39, 0.29) is 18.5 Å². The highest BCUT2D eigenvalue weighted by Crippen LogP contribution is 2.33. The first-order valence-corrected chi connectivity index (χ1v) is 8.20. The SMILES string of the molecule is CC(C)[C@@H]1O[C@H](C)/C(=C/C2=CCCCC2)[C@@H](C(C)C)O1. The van der Waals surface area contributed by atoms with Gasteiger partial charge in [-0.15, -0.1) is 0 Å². The van der Waals surface area contributed by atoms with E-state index in [1.165, 1.54) is 36.8 Å². The maximum atomic E-state index is 6.22. The van der Waals surface area contributed by atoms with Gasteiger partial charge in [0.2, 0.25) is 0 Å². The maximum Gasteiger partial charge on any atom is 0.161 e. The van der Waals surface area contributed by atoms with Crippen LogP contribution in [0.3, 0.4) is 0 Å². The molecular weight excluding hydrogens is 248 g/mol. The summed E-state index contributed by atoms with van der Waals surface area (Å²) in [5, 5.41) is 0. The zero-order valence-electron chi connectivity index (χ0n) is 13.7. The largest absolute Gasteiger partial charge is 0.345 e. The highest BCUT2D eigenvalue weighted by atomic mass is 16.7. The third-order valence-electron chi connectivity index (χ3n) is 4.24. The molecule has 1 heterocycles. The fourth-order valence-electron chi connectivity index (χ4n) is 3.03. The van der Waals surface area contributed by atoms with E-state index in [0.29, 0.717) is 11.8 Å². The van der Waals surface area contributed by atoms with E-state index < -0.39 is 0 Å². The molecule has 1 saturated heterocycles. The van der Waals surface area contributed by atoms with Crippen LogP contribution >= 0.6 is 0 Å². The number of hydrogen-bond donors (Lipinski definition) is 0. The fourth-order valence-corrected chi connectivity index (χ4v) is 3.03. The molecule has 0 N–H and O–H groups in total. The van der Waals surface area contributed by atoms with Gasteiger partial charge >= 0.3 is 0 Å². The molecule has 0 radical (unpaired) electrons. The molecule has 114 valence electrons. The molecule has 0 amide bonds. The van der Waals surface area contributed by atoms with Crippen LogP contribution in [0.25, 0.3) is 0 Å². The molecule has 20 heavy (non-hydrogen) atoms. The molecule has 0 bridgehead atoms. The summed E-state index contributed by atoms with van der Waals surface area (Å²) in [7, 11) is 0. The number of ether oxygens (including phenoxy) is 2. The van der Waals surface area contributed by atoms with Gasteiger partial charge in [0.15, 0.2) is 6.29 Å². The normalized spacial score (nSPS) is 33.9. The van der Waals surface area contributed by atoms with Crippen molar-refractivity contribution in [2.24, 2.45) is 11.8 Å². The minimum atomic E-state index is -0.0742. The molecular formula is C18H30O2. The lowest BCUT2D eigenvalue weighted by Gasteiger charge is -2.40. The van der Waals surface area contributed by atoms with Crippen LogP contribution in [-0.2, 0) is 9.47 Å². The molecule has 0 aromatic heterocycles. The molecule has 0 saturated carbocycles. The van der Waals surface area contributed by atoms with Crippen LogP contribution in [-0.4, -0.2) is 18.5 Å². The van der Waals surface area contributed by atoms with Crippen LogP contribution in [0, 0.1) is 11.8 Å². The van der Waals surface area contributed by atoms with Gasteiger partial charge in [-0.1, -0.05) is 45.4 Å². The lowest BCUT2D eigenvalue weighted by Crippen LogP contribution is -2.44. The van der Waals surface area contributed by atoms with Crippen molar-refractivity contribution in [3.63, 3.8) is 0 Å². The molecule has 0 aromatic rings. The van der Waals surface area contributed by atoms with E-state index in [1.807, 2.05) is 0 Å². The van der Waals surface area contributed by atoms with Gasteiger partial charge < -0.3 is 9.47 Å². The molecule has 1 aliphatic heterocycles. The third-order valence-corrected chi connectivity index (χ3v) is 4.24. The second kappa shape index (κ2) is 6.91. The van der Waals surface area contributed by atoms with Crippen molar-refractivity contribution >= 4 is 0 Å². The van der Waals surface area contributed by atoms with Crippen LogP contribution in [0.15, 0.2) is 23.3 Å². The van der Waals surface area contributed by atoms with Crippen LogP contribution < -0.4 is 0 Å². The maximum absolute atomic E-state index is 6.22. The third kappa shape index (κ3) is 3.73. The second-order valence-electron chi connectivity index (χ2n) is 6.86. The van der Waals surface area contributed by atoms with Crippen molar-refractivity contribution in [1.29, 1.82) is 0 Å². The standard InChI is InChI=1S/C18H30O2/c1-12(2)17-16(11-15-9-7-6-8-10-15)14(5)19-18(20-17)13(3)4/h9,11-14,17-18H,6-8,10H2,1-5H3/b16-11-/t14-,17-,18-/m1/s1. The summed E-state index contributed by atoms with van der Waals surface area (Å²) in [6, 6.07) is 0. The Bertz CT molecular complexity index is 379. The Kier molecular flexibility index (Phi) is 5.45. The first-order chi connectivity index (χ1) is 9.49. The van der Waals surface area contributed by atoms with Crippen molar-refractivity contribution in [2.75, 3.05) is 0 Å². The van der Waals surface area contributed by atoms with Crippen LogP contribution in [0.4, 0.5) is 0 Å². The molecule has 0 spiro atoms. The number of rotatable bonds is 3. The predicted molar refractivity (Wildman–Crippen MR) is 83.5 cm³/mol. The highest BCUT2D eigenvalue weighted by molar-refractivity contribution is 5.30. The van der Waals surface area contributed by atoms with Crippen molar-refractivity contribution in [3.8, 4) is 0 Å². The fraction of sp³-hybridized carbons (Fsp3) is 0.778. The van der Waals surface area contributed by atoms with Gasteiger partial charge in [-0.05, 0) is 44.1 Å². The molecule has 2 nitrogen and oxygen atoms in total. The Morgan fingerprint density at radius 3 is 2.40 bits per heavy atom. The Morgan fingerprint density at radius 2 is 1.85 bits per heavy atom. The van der Waals surface area contributed by atoms with E-state index in [1.54, 1.807) is 0 Å². The smallest absolute Gasteiger partial charge is 0.161 e. The van der Waals surface area contributed by atoms with Gasteiger partial charge in [-0.2, -0.15) is 0 Å². The molecule has 2 heteroatoms. The quantitative estimate of drug-likeness (QED) is 0.734. The average molecular weight is 278 g/mol. The monoisotopic (exact) mass is 278 g/mol. The molecule has 0 aromatic carbocycles. The Hall–Kier alpha value is -0.600. The zero-order valence-corrected chi connectivity index (χ0v) is 13.7. The molecule has 2 rings (SSSR count). The molecule has 1 aliphatic carbocycles. The number of hydrogen-bond acceptors (Lipinski definition) is 2. The van der Waals surface area contributed by atoms with Gasteiger partial charge in [0.25, 0.3) is 0 Å². The van der Waals surface area contributed by atoms with Crippen LogP contribution in [0.5, 0.6) is 0 Å². The summed E-state index contributed by atoms with van der Waals surface area (Å²) in [6.45, 7) is 11.0. The molecule has 1 fully saturated rings. The average Bonchev–Trinajstić information content (AvgIpc) is 2.41. The van der Waals surface area contributed by atoms with Gasteiger partial charge in [0.05, 0.1) is 12.2 Å². The van der Waals surface area contributed by atoms with Gasteiger partial charge in [-0.3, -0.25) is 0 Å². The van der Waals surface area contributed by atoms with Gasteiger partial charge in [-0.25, -0.2) is 0 Å². The molecule has 3 atom stereocenters. The van der Waals surface area contributed by atoms with Gasteiger partial charge in [0, 0.05) is 5.92 Å². The van der Waals surface area contributed by atoms with E-state index in [9.17, 15) is 0 Å². The summed E-state index contributed by atoms with van der Waals surface area (Å²) in [5.74, 6) is 0.882. The first-order valence-electron chi connectivity index (χ1n) is 8.20. The van der Waals surface area contributed by atoms with Crippen LogP contribution in [0.2, 0.25) is 0 Å². The Labute approximate surface area is 124 Å². The minimum Gasteiger partial charge on any atom is -0.345 e. The van der Waals surface area contributed by atoms with Gasteiger partial charge in [0.1, 0.15) is 0 Å². The zero-order chi connectivity index (χ0) is 14.7. The highest BCUT2D eigenvalue weighted by Gasteiger charge is 2.35. The Balaban J connectivity index is 2.20. The lowest BCUT2D eigenvalue weighted by atomic mass is 9.89. The van der Waals surface area contributed by atoms with E-state index in [2.05, 4.69) is 46.8 Å². The topological polar surface area (TPSA) is 18.5 Å². The lowest BCUT2D eigenvalue weighted by molar-refractivity contribution is -0.236. The van der Waals surface area contributed by atoms with Crippen molar-refractivity contribution in [3.05, 3.63) is 23.3 Å². The number of allylic oxidation sites excluding steroid dienone is 3. The molecule has 0 unspecified atom stereocenters. The second-order valence-corrected chi connectivity index (χ2v) is 6.86. The predicted octanol–water partition coefficient (Wildman–Crippen LogP) is 4.86. The summed E-state index contributed by atoms with van der Waals surface area (Å²) < 4.78 is 12.3. The summed E-state index contributed by atoms with van der Waals surface area (Å²) in [4.78, 5) is 0. The van der Waals surface area contributed by atoms with Crippen molar-refractivity contribution in [2.45, 2.75) is 78.8 Å². The first kappa shape index (κ1) is 15.8. The van der Waals surface area contributed by atoms with E-state index in [0.717, 1.165) is 0 Å². The van der Waals surface area contributed by atoms with Crippen molar-refractivity contribution in [1.82, 2.24) is 0 Å². The summed E-state index contributed by atoms with van der Waals surface area (Å²) in [5.41, 5.74) is 2.80. The Morgan fingerprint density at radius 1 is 1.10 bits per heavy atom.